The van der Waals surface area contributed by atoms with Crippen LogP contribution in [0.4, 0.5) is 0 Å². The third kappa shape index (κ3) is 4.56. The highest BCUT2D eigenvalue weighted by Gasteiger charge is 2.35. The van der Waals surface area contributed by atoms with Crippen molar-refractivity contribution in [1.29, 1.82) is 0 Å². The molecule has 1 aliphatic heterocycles. The molecular formula is C22H26ClNO3. The number of ether oxygens (including phenoxy) is 2. The molecule has 3 rings (SSSR count). The van der Waals surface area contributed by atoms with Gasteiger partial charge in [0.2, 0.25) is 0 Å². The molecule has 5 heteroatoms. The number of fused-ring (bicyclic) bond motifs is 1. The summed E-state index contributed by atoms with van der Waals surface area (Å²) in [4.78, 5) is 12.9. The first-order chi connectivity index (χ1) is 12.8. The number of rotatable bonds is 5. The van der Waals surface area contributed by atoms with Crippen molar-refractivity contribution in [2.45, 2.75) is 58.3 Å². The summed E-state index contributed by atoms with van der Waals surface area (Å²) < 4.78 is 12.0. The van der Waals surface area contributed by atoms with Crippen LogP contribution < -0.4 is 14.8 Å². The van der Waals surface area contributed by atoms with Gasteiger partial charge >= 0.3 is 0 Å². The van der Waals surface area contributed by atoms with Gasteiger partial charge in [0.25, 0.3) is 5.91 Å². The number of halogens is 1. The third-order valence-corrected chi connectivity index (χ3v) is 5.19. The first kappa shape index (κ1) is 19.6. The molecule has 27 heavy (non-hydrogen) atoms. The van der Waals surface area contributed by atoms with Crippen LogP contribution in [0, 0.1) is 6.92 Å². The number of hydrogen-bond acceptors (Lipinski definition) is 3. The average molecular weight is 388 g/mol. The first-order valence-electron chi connectivity index (χ1n) is 9.30. The van der Waals surface area contributed by atoms with Crippen molar-refractivity contribution in [3.05, 3.63) is 58.6 Å². The van der Waals surface area contributed by atoms with E-state index in [-0.39, 0.29) is 17.6 Å². The summed E-state index contributed by atoms with van der Waals surface area (Å²) in [5.74, 6) is 1.34. The van der Waals surface area contributed by atoms with Crippen LogP contribution in [0.2, 0.25) is 5.02 Å². The highest BCUT2D eigenvalue weighted by Crippen LogP contribution is 2.39. The largest absolute Gasteiger partial charge is 0.487 e. The van der Waals surface area contributed by atoms with Crippen LogP contribution in [0.15, 0.2) is 42.5 Å². The summed E-state index contributed by atoms with van der Waals surface area (Å²) in [6, 6.07) is 13.2. The van der Waals surface area contributed by atoms with Gasteiger partial charge in [-0.3, -0.25) is 4.79 Å². The molecule has 2 aromatic carbocycles. The van der Waals surface area contributed by atoms with Crippen LogP contribution in [0.25, 0.3) is 0 Å². The minimum Gasteiger partial charge on any atom is -0.487 e. The molecule has 4 nitrogen and oxygen atoms in total. The molecule has 0 radical (unpaired) electrons. The Morgan fingerprint density at radius 1 is 1.33 bits per heavy atom. The molecule has 2 aromatic rings. The lowest BCUT2D eigenvalue weighted by molar-refractivity contribution is -0.129. The predicted octanol–water partition coefficient (Wildman–Crippen LogP) is 5.22. The summed E-state index contributed by atoms with van der Waals surface area (Å²) in [5.41, 5.74) is 1.58. The van der Waals surface area contributed by atoms with Crippen molar-refractivity contribution in [1.82, 2.24) is 5.32 Å². The van der Waals surface area contributed by atoms with Crippen LogP contribution in [0.3, 0.4) is 0 Å². The van der Waals surface area contributed by atoms with Gasteiger partial charge in [-0.1, -0.05) is 36.7 Å². The Hall–Kier alpha value is -2.20. The van der Waals surface area contributed by atoms with Crippen molar-refractivity contribution < 1.29 is 14.3 Å². The number of para-hydroxylation sites is 1. The van der Waals surface area contributed by atoms with Crippen LogP contribution in [0.5, 0.6) is 11.5 Å². The van der Waals surface area contributed by atoms with Crippen LogP contribution in [0.1, 0.15) is 50.8 Å². The Kier molecular flexibility index (Phi) is 5.66. The number of benzene rings is 2. The second-order valence-corrected chi connectivity index (χ2v) is 8.00. The summed E-state index contributed by atoms with van der Waals surface area (Å²) in [7, 11) is 0. The molecule has 1 N–H and O–H groups in total. The topological polar surface area (TPSA) is 47.6 Å². The Bertz CT molecular complexity index is 834. The molecule has 1 heterocycles. The number of amides is 1. The van der Waals surface area contributed by atoms with Gasteiger partial charge in [-0.15, -0.1) is 0 Å². The summed E-state index contributed by atoms with van der Waals surface area (Å²) in [5, 5.41) is 3.84. The zero-order chi connectivity index (χ0) is 19.6. The molecular weight excluding hydrogens is 362 g/mol. The fraction of sp³-hybridized carbons (Fsp3) is 0.409. The molecule has 0 bridgehead atoms. The van der Waals surface area contributed by atoms with Crippen LogP contribution in [-0.2, 0) is 4.79 Å². The lowest BCUT2D eigenvalue weighted by Gasteiger charge is -2.38. The summed E-state index contributed by atoms with van der Waals surface area (Å²) in [6.45, 7) is 7.92. The monoisotopic (exact) mass is 387 g/mol. The number of carbonyl (C=O) groups is 1. The SMILES string of the molecule is CC[C@@H](Oc1ccc(Cl)c(C)c1)C(=O)N[C@H]1CC(C)(C)Oc2ccccc21. The van der Waals surface area contributed by atoms with Gasteiger partial charge in [0.15, 0.2) is 6.10 Å². The maximum absolute atomic E-state index is 12.9. The van der Waals surface area contributed by atoms with E-state index in [1.165, 1.54) is 0 Å². The molecule has 0 spiro atoms. The van der Waals surface area contributed by atoms with Gasteiger partial charge in [-0.2, -0.15) is 0 Å². The van der Waals surface area contributed by atoms with Gasteiger partial charge in [0.1, 0.15) is 17.1 Å². The molecule has 0 aromatic heterocycles. The zero-order valence-electron chi connectivity index (χ0n) is 16.2. The average Bonchev–Trinajstić information content (AvgIpc) is 2.61. The number of hydrogen-bond donors (Lipinski definition) is 1. The Morgan fingerprint density at radius 2 is 2.07 bits per heavy atom. The fourth-order valence-electron chi connectivity index (χ4n) is 3.37. The molecule has 0 saturated heterocycles. The molecule has 144 valence electrons. The first-order valence-corrected chi connectivity index (χ1v) is 9.68. The molecule has 0 unspecified atom stereocenters. The van der Waals surface area contributed by atoms with E-state index in [4.69, 9.17) is 21.1 Å². The summed E-state index contributed by atoms with van der Waals surface area (Å²) in [6.07, 6.45) is 0.706. The Labute approximate surface area is 165 Å². The number of carbonyl (C=O) groups excluding carboxylic acids is 1. The standard InChI is InChI=1S/C22H26ClNO3/c1-5-19(26-15-10-11-17(23)14(2)12-15)21(25)24-18-13-22(3,4)27-20-9-7-6-8-16(18)20/h6-12,18-19H,5,13H2,1-4H3,(H,24,25)/t18-,19+/m0/s1. The van der Waals surface area contributed by atoms with E-state index in [9.17, 15) is 4.79 Å². The minimum absolute atomic E-state index is 0.109. The maximum atomic E-state index is 12.9. The van der Waals surface area contributed by atoms with E-state index in [0.717, 1.165) is 16.9 Å². The fourth-order valence-corrected chi connectivity index (χ4v) is 3.49. The van der Waals surface area contributed by atoms with Crippen molar-refractivity contribution in [3.63, 3.8) is 0 Å². The lowest BCUT2D eigenvalue weighted by Crippen LogP contribution is -2.45. The van der Waals surface area contributed by atoms with E-state index in [1.807, 2.05) is 58.0 Å². The second kappa shape index (κ2) is 7.81. The van der Waals surface area contributed by atoms with Crippen molar-refractivity contribution in [3.8, 4) is 11.5 Å². The zero-order valence-corrected chi connectivity index (χ0v) is 17.0. The molecule has 0 saturated carbocycles. The molecule has 1 amide bonds. The normalized spacial score (nSPS) is 18.8. The van der Waals surface area contributed by atoms with E-state index in [1.54, 1.807) is 12.1 Å². The van der Waals surface area contributed by atoms with Crippen molar-refractivity contribution >= 4 is 17.5 Å². The Balaban J connectivity index is 1.75. The van der Waals surface area contributed by atoms with Crippen LogP contribution >= 0.6 is 11.6 Å². The quantitative estimate of drug-likeness (QED) is 0.764. The summed E-state index contributed by atoms with van der Waals surface area (Å²) >= 11 is 6.07. The van der Waals surface area contributed by atoms with Crippen molar-refractivity contribution in [2.24, 2.45) is 0 Å². The van der Waals surface area contributed by atoms with E-state index in [2.05, 4.69) is 5.32 Å². The minimum atomic E-state index is -0.566. The maximum Gasteiger partial charge on any atom is 0.261 e. The second-order valence-electron chi connectivity index (χ2n) is 7.59. The number of nitrogens with one attached hydrogen (secondary N) is 1. The smallest absolute Gasteiger partial charge is 0.261 e. The lowest BCUT2D eigenvalue weighted by atomic mass is 9.89. The van der Waals surface area contributed by atoms with E-state index >= 15 is 0 Å². The van der Waals surface area contributed by atoms with Gasteiger partial charge in [0, 0.05) is 17.0 Å². The van der Waals surface area contributed by atoms with Crippen molar-refractivity contribution in [2.75, 3.05) is 0 Å². The van der Waals surface area contributed by atoms with Crippen LogP contribution in [-0.4, -0.2) is 17.6 Å². The molecule has 1 aliphatic rings. The van der Waals surface area contributed by atoms with E-state index < -0.39 is 6.10 Å². The van der Waals surface area contributed by atoms with Gasteiger partial charge in [-0.25, -0.2) is 0 Å². The van der Waals surface area contributed by atoms with E-state index in [0.29, 0.717) is 23.6 Å². The molecule has 0 aliphatic carbocycles. The van der Waals surface area contributed by atoms with Gasteiger partial charge in [-0.05, 0) is 57.0 Å². The molecule has 0 fully saturated rings. The number of aryl methyl sites for hydroxylation is 1. The Morgan fingerprint density at radius 3 is 2.78 bits per heavy atom. The van der Waals surface area contributed by atoms with Gasteiger partial charge in [0.05, 0.1) is 6.04 Å². The van der Waals surface area contributed by atoms with Gasteiger partial charge < -0.3 is 14.8 Å². The highest BCUT2D eigenvalue weighted by atomic mass is 35.5. The third-order valence-electron chi connectivity index (χ3n) is 4.76. The highest BCUT2D eigenvalue weighted by molar-refractivity contribution is 6.31. The predicted molar refractivity (Wildman–Crippen MR) is 108 cm³/mol. The molecule has 2 atom stereocenters.